The Morgan fingerprint density at radius 2 is 1.89 bits per heavy atom. The molecule has 7 nitrogen and oxygen atoms in total. The van der Waals surface area contributed by atoms with Gasteiger partial charge in [0, 0.05) is 31.4 Å². The Morgan fingerprint density at radius 3 is 2.64 bits per heavy atom. The van der Waals surface area contributed by atoms with Crippen molar-refractivity contribution in [3.8, 4) is 5.75 Å². The summed E-state index contributed by atoms with van der Waals surface area (Å²) in [5.74, 6) is -0.268. The molecule has 1 aliphatic heterocycles. The number of halogens is 1. The molecule has 0 atom stereocenters. The van der Waals surface area contributed by atoms with Crippen LogP contribution in [0.15, 0.2) is 48.5 Å². The van der Waals surface area contributed by atoms with Crippen LogP contribution in [0.2, 0.25) is 0 Å². The van der Waals surface area contributed by atoms with Crippen LogP contribution in [0.4, 0.5) is 10.1 Å². The molecule has 28 heavy (non-hydrogen) atoms. The van der Waals surface area contributed by atoms with E-state index in [0.717, 1.165) is 4.31 Å². The standard InChI is InChI=1S/C19H22FN3O4S/c1-27-18-8-3-7-17(12-18)21-19(24)14-23-10-4-9-22(28(23,25)26)13-15-5-2-6-16(20)11-15/h2-3,5-8,11-12H,4,9-10,13-14H2,1H3,(H,21,24). The molecule has 150 valence electrons. The zero-order valence-corrected chi connectivity index (χ0v) is 16.3. The second-order valence-corrected chi connectivity index (χ2v) is 8.37. The van der Waals surface area contributed by atoms with E-state index in [-0.39, 0.29) is 19.6 Å². The fourth-order valence-corrected chi connectivity index (χ4v) is 4.68. The monoisotopic (exact) mass is 407 g/mol. The van der Waals surface area contributed by atoms with E-state index >= 15 is 0 Å². The minimum atomic E-state index is -3.82. The number of carbonyl (C=O) groups excluding carboxylic acids is 1. The summed E-state index contributed by atoms with van der Waals surface area (Å²) in [6.07, 6.45) is 0.584. The largest absolute Gasteiger partial charge is 0.497 e. The average Bonchev–Trinajstić information content (AvgIpc) is 2.65. The number of hydrogen-bond acceptors (Lipinski definition) is 4. The van der Waals surface area contributed by atoms with Crippen molar-refractivity contribution < 1.29 is 22.3 Å². The van der Waals surface area contributed by atoms with Crippen molar-refractivity contribution >= 4 is 21.8 Å². The van der Waals surface area contributed by atoms with Crippen molar-refractivity contribution in [2.24, 2.45) is 0 Å². The number of carbonyl (C=O) groups is 1. The second kappa shape index (κ2) is 8.68. The Morgan fingerprint density at radius 1 is 1.14 bits per heavy atom. The van der Waals surface area contributed by atoms with E-state index in [2.05, 4.69) is 5.32 Å². The Bertz CT molecular complexity index is 952. The van der Waals surface area contributed by atoms with Crippen LogP contribution >= 0.6 is 0 Å². The summed E-state index contributed by atoms with van der Waals surface area (Å²) in [6.45, 7) is 0.355. The van der Waals surface area contributed by atoms with Gasteiger partial charge in [-0.25, -0.2) is 4.39 Å². The van der Waals surface area contributed by atoms with Crippen LogP contribution < -0.4 is 10.1 Å². The number of methoxy groups -OCH3 is 1. The fourth-order valence-electron chi connectivity index (χ4n) is 3.04. The summed E-state index contributed by atoms with van der Waals surface area (Å²) in [5.41, 5.74) is 1.08. The molecule has 9 heteroatoms. The number of nitrogens with one attached hydrogen (secondary N) is 1. The predicted octanol–water partition coefficient (Wildman–Crippen LogP) is 2.23. The first kappa shape index (κ1) is 20.2. The maximum Gasteiger partial charge on any atom is 0.282 e. The smallest absolute Gasteiger partial charge is 0.282 e. The Labute approximate surface area is 163 Å². The van der Waals surface area contributed by atoms with Crippen molar-refractivity contribution in [3.63, 3.8) is 0 Å². The van der Waals surface area contributed by atoms with Crippen molar-refractivity contribution in [2.75, 3.05) is 32.1 Å². The van der Waals surface area contributed by atoms with Crippen LogP contribution in [0.1, 0.15) is 12.0 Å². The molecule has 1 fully saturated rings. The zero-order valence-electron chi connectivity index (χ0n) is 15.5. The number of amides is 1. The molecule has 1 aliphatic rings. The van der Waals surface area contributed by atoms with Gasteiger partial charge in [-0.05, 0) is 36.2 Å². The van der Waals surface area contributed by atoms with Crippen molar-refractivity contribution in [1.29, 1.82) is 0 Å². The maximum atomic E-state index is 13.4. The molecule has 1 heterocycles. The maximum absolute atomic E-state index is 13.4. The molecular formula is C19H22FN3O4S. The van der Waals surface area contributed by atoms with Gasteiger partial charge in [0.25, 0.3) is 10.2 Å². The van der Waals surface area contributed by atoms with Crippen molar-refractivity contribution in [2.45, 2.75) is 13.0 Å². The van der Waals surface area contributed by atoms with Gasteiger partial charge in [0.1, 0.15) is 11.6 Å². The molecule has 1 N–H and O–H groups in total. The van der Waals surface area contributed by atoms with Gasteiger partial charge in [-0.1, -0.05) is 18.2 Å². The molecule has 2 aromatic carbocycles. The first-order valence-electron chi connectivity index (χ1n) is 8.82. The third kappa shape index (κ3) is 4.86. The van der Waals surface area contributed by atoms with Crippen LogP contribution in [-0.2, 0) is 21.5 Å². The van der Waals surface area contributed by atoms with Crippen LogP contribution in [0.5, 0.6) is 5.75 Å². The Hall–Kier alpha value is -2.49. The van der Waals surface area contributed by atoms with E-state index < -0.39 is 21.9 Å². The second-order valence-electron chi connectivity index (χ2n) is 6.44. The van der Waals surface area contributed by atoms with E-state index in [0.29, 0.717) is 30.0 Å². The van der Waals surface area contributed by atoms with Gasteiger partial charge in [0.2, 0.25) is 5.91 Å². The molecule has 1 amide bonds. The number of benzene rings is 2. The molecule has 1 saturated heterocycles. The lowest BCUT2D eigenvalue weighted by Crippen LogP contribution is -2.51. The van der Waals surface area contributed by atoms with Gasteiger partial charge >= 0.3 is 0 Å². The number of ether oxygens (including phenoxy) is 1. The third-order valence-corrected chi connectivity index (χ3v) is 6.32. The summed E-state index contributed by atoms with van der Waals surface area (Å²) < 4.78 is 46.6. The molecule has 0 saturated carbocycles. The average molecular weight is 407 g/mol. The molecule has 0 aromatic heterocycles. The first-order chi connectivity index (χ1) is 13.4. The highest BCUT2D eigenvalue weighted by atomic mass is 32.2. The van der Waals surface area contributed by atoms with E-state index in [1.54, 1.807) is 36.4 Å². The van der Waals surface area contributed by atoms with E-state index in [1.807, 2.05) is 0 Å². The molecule has 3 rings (SSSR count). The highest BCUT2D eigenvalue weighted by Crippen LogP contribution is 2.20. The summed E-state index contributed by atoms with van der Waals surface area (Å²) in [7, 11) is -2.29. The predicted molar refractivity (Wildman–Crippen MR) is 104 cm³/mol. The molecule has 0 bridgehead atoms. The lowest BCUT2D eigenvalue weighted by atomic mass is 10.2. The zero-order chi connectivity index (χ0) is 20.1. The summed E-state index contributed by atoms with van der Waals surface area (Å²) in [4.78, 5) is 12.4. The van der Waals surface area contributed by atoms with E-state index in [4.69, 9.17) is 4.74 Å². The SMILES string of the molecule is COc1cccc(NC(=O)CN2CCCN(Cc3cccc(F)c3)S2(=O)=O)c1. The molecule has 0 radical (unpaired) electrons. The van der Waals surface area contributed by atoms with Gasteiger partial charge in [-0.3, -0.25) is 4.79 Å². The van der Waals surface area contributed by atoms with Crippen LogP contribution in [0, 0.1) is 5.82 Å². The summed E-state index contributed by atoms with van der Waals surface area (Å²) in [5, 5.41) is 2.68. The minimum absolute atomic E-state index is 0.0636. The molecule has 0 aliphatic carbocycles. The lowest BCUT2D eigenvalue weighted by molar-refractivity contribution is -0.116. The highest BCUT2D eigenvalue weighted by Gasteiger charge is 2.34. The number of hydrogen-bond donors (Lipinski definition) is 1. The van der Waals surface area contributed by atoms with Crippen molar-refractivity contribution in [1.82, 2.24) is 8.61 Å². The van der Waals surface area contributed by atoms with Crippen LogP contribution in [-0.4, -0.2) is 49.7 Å². The number of nitrogens with zero attached hydrogens (tertiary/aromatic N) is 2. The fraction of sp³-hybridized carbons (Fsp3) is 0.316. The van der Waals surface area contributed by atoms with Crippen LogP contribution in [0.3, 0.4) is 0 Å². The van der Waals surface area contributed by atoms with Gasteiger partial charge in [0.15, 0.2) is 0 Å². The number of rotatable bonds is 6. The minimum Gasteiger partial charge on any atom is -0.497 e. The quantitative estimate of drug-likeness (QED) is 0.797. The number of anilines is 1. The van der Waals surface area contributed by atoms with E-state index in [1.165, 1.54) is 23.5 Å². The van der Waals surface area contributed by atoms with E-state index in [9.17, 15) is 17.6 Å². The lowest BCUT2D eigenvalue weighted by Gasteiger charge is -2.34. The van der Waals surface area contributed by atoms with Gasteiger partial charge in [0.05, 0.1) is 13.7 Å². The first-order valence-corrected chi connectivity index (χ1v) is 10.2. The molecule has 0 spiro atoms. The molecule has 2 aromatic rings. The summed E-state index contributed by atoms with van der Waals surface area (Å²) >= 11 is 0. The summed E-state index contributed by atoms with van der Waals surface area (Å²) in [6, 6.07) is 12.7. The van der Waals surface area contributed by atoms with Gasteiger partial charge in [-0.2, -0.15) is 17.0 Å². The van der Waals surface area contributed by atoms with Crippen molar-refractivity contribution in [3.05, 3.63) is 59.9 Å². The normalized spacial score (nSPS) is 17.2. The van der Waals surface area contributed by atoms with Gasteiger partial charge < -0.3 is 10.1 Å². The Kier molecular flexibility index (Phi) is 6.28. The third-order valence-electron chi connectivity index (χ3n) is 4.39. The topological polar surface area (TPSA) is 79.0 Å². The Balaban J connectivity index is 1.66. The van der Waals surface area contributed by atoms with Gasteiger partial charge in [-0.15, -0.1) is 0 Å². The molecular weight excluding hydrogens is 385 g/mol. The molecule has 0 unspecified atom stereocenters. The van der Waals surface area contributed by atoms with Crippen LogP contribution in [0.25, 0.3) is 0 Å². The highest BCUT2D eigenvalue weighted by molar-refractivity contribution is 7.86.